The zero-order valence-corrected chi connectivity index (χ0v) is 14.2. The molecule has 3 heterocycles. The van der Waals surface area contributed by atoms with Gasteiger partial charge in [0.15, 0.2) is 11.3 Å². The summed E-state index contributed by atoms with van der Waals surface area (Å²) in [6, 6.07) is 5.95. The summed E-state index contributed by atoms with van der Waals surface area (Å²) in [6.07, 6.45) is 1.28. The number of anilines is 2. The number of carbonyl (C=O) groups is 1. The van der Waals surface area contributed by atoms with Gasteiger partial charge < -0.3 is 20.8 Å². The number of nitriles is 1. The maximum atomic E-state index is 13.1. The van der Waals surface area contributed by atoms with Crippen molar-refractivity contribution >= 4 is 23.2 Å². The normalized spacial score (nSPS) is 19.9. The summed E-state index contributed by atoms with van der Waals surface area (Å²) >= 11 is 0. The maximum Gasteiger partial charge on any atom is 0.269 e. The first-order chi connectivity index (χ1) is 12.9. The lowest BCUT2D eigenvalue weighted by Gasteiger charge is -2.30. The van der Waals surface area contributed by atoms with E-state index < -0.39 is 16.2 Å². The number of nitrogens with zero attached hydrogens (tertiary/aromatic N) is 3. The Morgan fingerprint density at radius 2 is 2.22 bits per heavy atom. The SMILES string of the molecule is CCCc1nc2c(o1)NC(N)=C(C#N)[C@]21C(=O)Nc2ccc([N+](=O)[O-])cc21. The number of hydrogen-bond acceptors (Lipinski definition) is 8. The van der Waals surface area contributed by atoms with Crippen molar-refractivity contribution in [3.63, 3.8) is 0 Å². The first-order valence-electron chi connectivity index (χ1n) is 8.21. The number of nitrogens with one attached hydrogen (secondary N) is 2. The molecule has 10 heteroatoms. The lowest BCUT2D eigenvalue weighted by atomic mass is 9.71. The van der Waals surface area contributed by atoms with E-state index in [2.05, 4.69) is 15.6 Å². The average molecular weight is 366 g/mol. The lowest BCUT2D eigenvalue weighted by molar-refractivity contribution is -0.384. The minimum absolute atomic E-state index is 0.0568. The molecule has 136 valence electrons. The second kappa shape index (κ2) is 5.57. The average Bonchev–Trinajstić information content (AvgIpc) is 3.14. The maximum absolute atomic E-state index is 13.1. The van der Waals surface area contributed by atoms with Gasteiger partial charge in [0.25, 0.3) is 5.69 Å². The van der Waals surface area contributed by atoms with E-state index in [4.69, 9.17) is 10.2 Å². The van der Waals surface area contributed by atoms with Crippen molar-refractivity contribution in [3.05, 3.63) is 56.9 Å². The number of hydrogen-bond donors (Lipinski definition) is 3. The van der Waals surface area contributed by atoms with Gasteiger partial charge in [0, 0.05) is 29.8 Å². The number of nitro benzene ring substituents is 1. The van der Waals surface area contributed by atoms with E-state index in [9.17, 15) is 20.2 Å². The monoisotopic (exact) mass is 366 g/mol. The van der Waals surface area contributed by atoms with Crippen molar-refractivity contribution < 1.29 is 14.1 Å². The highest BCUT2D eigenvalue weighted by atomic mass is 16.6. The third-order valence-electron chi connectivity index (χ3n) is 4.70. The molecule has 1 atom stereocenters. The molecule has 10 nitrogen and oxygen atoms in total. The van der Waals surface area contributed by atoms with Gasteiger partial charge in [-0.15, -0.1) is 0 Å². The molecule has 1 aromatic heterocycles. The summed E-state index contributed by atoms with van der Waals surface area (Å²) in [5, 5.41) is 26.5. The Balaban J connectivity index is 2.07. The topological polar surface area (TPSA) is 160 Å². The van der Waals surface area contributed by atoms with Crippen LogP contribution in [0.2, 0.25) is 0 Å². The number of carbonyl (C=O) groups excluding carboxylic acids is 1. The zero-order chi connectivity index (χ0) is 19.3. The van der Waals surface area contributed by atoms with E-state index in [1.807, 2.05) is 13.0 Å². The summed E-state index contributed by atoms with van der Waals surface area (Å²) in [7, 11) is 0. The van der Waals surface area contributed by atoms with E-state index >= 15 is 0 Å². The quantitative estimate of drug-likeness (QED) is 0.548. The van der Waals surface area contributed by atoms with E-state index in [0.717, 1.165) is 6.42 Å². The van der Waals surface area contributed by atoms with Crippen LogP contribution in [0.5, 0.6) is 0 Å². The summed E-state index contributed by atoms with van der Waals surface area (Å²) in [4.78, 5) is 28.2. The summed E-state index contributed by atoms with van der Waals surface area (Å²) in [6.45, 7) is 1.95. The molecule has 0 bridgehead atoms. The van der Waals surface area contributed by atoms with Gasteiger partial charge >= 0.3 is 0 Å². The lowest BCUT2D eigenvalue weighted by Crippen LogP contribution is -2.43. The highest BCUT2D eigenvalue weighted by Crippen LogP contribution is 2.52. The first kappa shape index (κ1) is 16.6. The molecular formula is C17H14N6O4. The molecule has 27 heavy (non-hydrogen) atoms. The third-order valence-corrected chi connectivity index (χ3v) is 4.70. The van der Waals surface area contributed by atoms with Crippen molar-refractivity contribution in [2.24, 2.45) is 5.73 Å². The van der Waals surface area contributed by atoms with Gasteiger partial charge in [-0.3, -0.25) is 14.9 Å². The Bertz CT molecular complexity index is 1080. The number of fused-ring (bicyclic) bond motifs is 4. The fraction of sp³-hybridized carbons (Fsp3) is 0.235. The number of aromatic nitrogens is 1. The molecular weight excluding hydrogens is 352 g/mol. The van der Waals surface area contributed by atoms with Gasteiger partial charge in [0.05, 0.1) is 10.5 Å². The number of rotatable bonds is 3. The zero-order valence-electron chi connectivity index (χ0n) is 14.2. The second-order valence-corrected chi connectivity index (χ2v) is 6.25. The van der Waals surface area contributed by atoms with Crippen LogP contribution in [0.25, 0.3) is 0 Å². The summed E-state index contributed by atoms with van der Waals surface area (Å²) in [5.41, 5.74) is 4.80. The minimum atomic E-state index is -1.70. The molecule has 0 radical (unpaired) electrons. The Morgan fingerprint density at radius 1 is 1.44 bits per heavy atom. The summed E-state index contributed by atoms with van der Waals surface area (Å²) < 4.78 is 5.68. The number of oxazole rings is 1. The first-order valence-corrected chi connectivity index (χ1v) is 8.21. The minimum Gasteiger partial charge on any atom is -0.425 e. The second-order valence-electron chi connectivity index (χ2n) is 6.25. The number of non-ortho nitro benzene ring substituents is 1. The summed E-state index contributed by atoms with van der Waals surface area (Å²) in [5.74, 6) is -0.0761. The van der Waals surface area contributed by atoms with Crippen molar-refractivity contribution in [1.29, 1.82) is 5.26 Å². The van der Waals surface area contributed by atoms with E-state index in [1.165, 1.54) is 18.2 Å². The Kier molecular flexibility index (Phi) is 3.42. The molecule has 0 saturated carbocycles. The molecule has 2 aromatic rings. The van der Waals surface area contributed by atoms with Gasteiger partial charge in [0.1, 0.15) is 17.6 Å². The van der Waals surface area contributed by atoms with Crippen LogP contribution in [-0.2, 0) is 16.6 Å². The Morgan fingerprint density at radius 3 is 2.89 bits per heavy atom. The molecule has 2 aliphatic rings. The predicted octanol–water partition coefficient (Wildman–Crippen LogP) is 1.89. The fourth-order valence-corrected chi connectivity index (χ4v) is 3.56. The molecule has 0 fully saturated rings. The van der Waals surface area contributed by atoms with Crippen molar-refractivity contribution in [2.45, 2.75) is 25.2 Å². The third kappa shape index (κ3) is 2.05. The van der Waals surface area contributed by atoms with Crippen molar-refractivity contribution in [1.82, 2.24) is 4.98 Å². The van der Waals surface area contributed by atoms with E-state index in [0.29, 0.717) is 18.0 Å². The van der Waals surface area contributed by atoms with Crippen molar-refractivity contribution in [2.75, 3.05) is 10.6 Å². The number of benzene rings is 1. The van der Waals surface area contributed by atoms with E-state index in [-0.39, 0.29) is 34.2 Å². The highest BCUT2D eigenvalue weighted by Gasteiger charge is 2.58. The molecule has 0 saturated heterocycles. The molecule has 1 spiro atoms. The van der Waals surface area contributed by atoms with Gasteiger partial charge in [-0.25, -0.2) is 4.98 Å². The number of nitro groups is 1. The van der Waals surface area contributed by atoms with Crippen LogP contribution in [-0.4, -0.2) is 15.8 Å². The molecule has 0 unspecified atom stereocenters. The number of nitrogens with two attached hydrogens (primary N) is 1. The van der Waals surface area contributed by atoms with Crippen LogP contribution in [0.4, 0.5) is 17.3 Å². The Hall–Kier alpha value is -3.87. The van der Waals surface area contributed by atoms with Gasteiger partial charge in [-0.2, -0.15) is 5.26 Å². The number of aryl methyl sites for hydroxylation is 1. The molecule has 4 rings (SSSR count). The van der Waals surface area contributed by atoms with E-state index in [1.54, 1.807) is 0 Å². The van der Waals surface area contributed by atoms with Crippen LogP contribution < -0.4 is 16.4 Å². The largest absolute Gasteiger partial charge is 0.425 e. The van der Waals surface area contributed by atoms with Crippen LogP contribution in [0.3, 0.4) is 0 Å². The fourth-order valence-electron chi connectivity index (χ4n) is 3.56. The predicted molar refractivity (Wildman–Crippen MR) is 93.5 cm³/mol. The Labute approximate surface area is 152 Å². The molecule has 1 amide bonds. The molecule has 1 aromatic carbocycles. The highest BCUT2D eigenvalue weighted by molar-refractivity contribution is 6.13. The standard InChI is InChI=1S/C17H14N6O4/c1-2-3-12-21-13-15(27-12)22-14(19)10(7-18)17(13)9-6-8(23(25)26)4-5-11(9)20-16(17)24/h4-6,22H,2-3,19H2,1H3,(H,20,24)/t17-/m0/s1. The van der Waals surface area contributed by atoms with Gasteiger partial charge in [0.2, 0.25) is 11.8 Å². The van der Waals surface area contributed by atoms with Crippen LogP contribution in [0.1, 0.15) is 30.5 Å². The molecule has 0 aliphatic carbocycles. The molecule has 4 N–H and O–H groups in total. The number of amides is 1. The van der Waals surface area contributed by atoms with Crippen molar-refractivity contribution in [3.8, 4) is 6.07 Å². The smallest absolute Gasteiger partial charge is 0.269 e. The van der Waals surface area contributed by atoms with Crippen LogP contribution in [0, 0.1) is 21.4 Å². The van der Waals surface area contributed by atoms with Crippen LogP contribution >= 0.6 is 0 Å². The molecule has 2 aliphatic heterocycles. The van der Waals surface area contributed by atoms with Gasteiger partial charge in [-0.1, -0.05) is 6.92 Å². The van der Waals surface area contributed by atoms with Crippen LogP contribution in [0.15, 0.2) is 34.0 Å². The van der Waals surface area contributed by atoms with Gasteiger partial charge in [-0.05, 0) is 12.5 Å².